The van der Waals surface area contributed by atoms with Crippen molar-refractivity contribution in [1.29, 1.82) is 0 Å². The maximum Gasteiger partial charge on any atom is 0.410 e. The molecular weight excluding hydrogens is 334 g/mol. The number of rotatable bonds is 4. The van der Waals surface area contributed by atoms with E-state index >= 15 is 0 Å². The van der Waals surface area contributed by atoms with Gasteiger partial charge in [0, 0.05) is 19.0 Å². The molecule has 1 fully saturated rings. The van der Waals surface area contributed by atoms with Crippen molar-refractivity contribution in [3.05, 3.63) is 29.8 Å². The summed E-state index contributed by atoms with van der Waals surface area (Å²) in [5, 5.41) is 9.87. The number of carboxylic acids is 1. The zero-order valence-electron chi connectivity index (χ0n) is 16.2. The number of amides is 1. The summed E-state index contributed by atoms with van der Waals surface area (Å²) in [5.41, 5.74) is -0.597. The number of carboxylic acid groups (broad SMARTS) is 1. The molecule has 1 aliphatic heterocycles. The van der Waals surface area contributed by atoms with Gasteiger partial charge in [-0.3, -0.25) is 4.79 Å². The normalized spacial score (nSPS) is 23.4. The molecule has 0 bridgehead atoms. The van der Waals surface area contributed by atoms with Gasteiger partial charge in [0.15, 0.2) is 0 Å². The molecule has 2 unspecified atom stereocenters. The lowest BCUT2D eigenvalue weighted by Crippen LogP contribution is -2.53. The number of ether oxygens (including phenoxy) is 2. The van der Waals surface area contributed by atoms with Crippen LogP contribution in [0.15, 0.2) is 24.3 Å². The first-order valence-corrected chi connectivity index (χ1v) is 8.95. The highest BCUT2D eigenvalue weighted by Gasteiger charge is 2.46. The molecule has 0 saturated carbocycles. The topological polar surface area (TPSA) is 76.1 Å². The lowest BCUT2D eigenvalue weighted by Gasteiger charge is -2.43. The van der Waals surface area contributed by atoms with Gasteiger partial charge >= 0.3 is 12.1 Å². The van der Waals surface area contributed by atoms with E-state index in [4.69, 9.17) is 9.47 Å². The molecule has 2 rings (SSSR count). The second-order valence-corrected chi connectivity index (χ2v) is 7.97. The largest absolute Gasteiger partial charge is 0.497 e. The summed E-state index contributed by atoms with van der Waals surface area (Å²) < 4.78 is 10.7. The number of hydrogen-bond acceptors (Lipinski definition) is 4. The Morgan fingerprint density at radius 1 is 1.27 bits per heavy atom. The summed E-state index contributed by atoms with van der Waals surface area (Å²) in [7, 11) is 1.60. The average Bonchev–Trinajstić information content (AvgIpc) is 2.59. The van der Waals surface area contributed by atoms with Crippen molar-refractivity contribution in [2.75, 3.05) is 20.2 Å². The lowest BCUT2D eigenvalue weighted by molar-refractivity contribution is -0.153. The van der Waals surface area contributed by atoms with Crippen LogP contribution in [-0.4, -0.2) is 47.9 Å². The fraction of sp³-hybridized carbons (Fsp3) is 0.600. The molecule has 1 saturated heterocycles. The zero-order valence-corrected chi connectivity index (χ0v) is 16.2. The number of benzene rings is 1. The Labute approximate surface area is 155 Å². The quantitative estimate of drug-likeness (QED) is 0.878. The van der Waals surface area contributed by atoms with Crippen molar-refractivity contribution in [3.63, 3.8) is 0 Å². The van der Waals surface area contributed by atoms with Crippen molar-refractivity contribution < 1.29 is 24.2 Å². The minimum Gasteiger partial charge on any atom is -0.497 e. The average molecular weight is 363 g/mol. The van der Waals surface area contributed by atoms with Gasteiger partial charge in [-0.2, -0.15) is 0 Å². The van der Waals surface area contributed by atoms with E-state index in [9.17, 15) is 14.7 Å². The molecule has 0 spiro atoms. The number of methoxy groups -OCH3 is 1. The first kappa shape index (κ1) is 20.1. The van der Waals surface area contributed by atoms with E-state index in [1.165, 1.54) is 0 Å². The van der Waals surface area contributed by atoms with Crippen molar-refractivity contribution in [1.82, 2.24) is 4.90 Å². The molecule has 1 N–H and O–H groups in total. The molecule has 1 amide bonds. The Hall–Kier alpha value is -2.24. The van der Waals surface area contributed by atoms with Crippen LogP contribution < -0.4 is 4.74 Å². The monoisotopic (exact) mass is 363 g/mol. The molecule has 144 valence electrons. The number of hydrogen-bond donors (Lipinski definition) is 1. The highest BCUT2D eigenvalue weighted by Crippen LogP contribution is 2.41. The predicted octanol–water partition coefficient (Wildman–Crippen LogP) is 3.90. The fourth-order valence-electron chi connectivity index (χ4n) is 3.42. The van der Waals surface area contributed by atoms with Crippen LogP contribution in [0.2, 0.25) is 0 Å². The number of likely N-dealkylation sites (tertiary alicyclic amines) is 1. The second-order valence-electron chi connectivity index (χ2n) is 7.97. The Bertz CT molecular complexity index is 649. The molecule has 0 aromatic heterocycles. The summed E-state index contributed by atoms with van der Waals surface area (Å²) in [4.78, 5) is 26.2. The first-order chi connectivity index (χ1) is 12.1. The van der Waals surface area contributed by atoms with E-state index in [1.807, 2.05) is 31.2 Å². The molecule has 2 atom stereocenters. The third-order valence-corrected chi connectivity index (χ3v) is 4.94. The van der Waals surface area contributed by atoms with Gasteiger partial charge in [-0.15, -0.1) is 0 Å². The van der Waals surface area contributed by atoms with Crippen LogP contribution in [0.4, 0.5) is 4.79 Å². The predicted molar refractivity (Wildman–Crippen MR) is 98.5 cm³/mol. The van der Waals surface area contributed by atoms with Crippen LogP contribution >= 0.6 is 0 Å². The highest BCUT2D eigenvalue weighted by molar-refractivity contribution is 5.77. The van der Waals surface area contributed by atoms with Crippen molar-refractivity contribution in [2.45, 2.75) is 52.1 Å². The number of nitrogens with zero attached hydrogens (tertiary/aromatic N) is 1. The lowest BCUT2D eigenvalue weighted by atomic mass is 9.71. The van der Waals surface area contributed by atoms with Gasteiger partial charge in [-0.1, -0.05) is 19.1 Å². The van der Waals surface area contributed by atoms with Crippen LogP contribution in [0.3, 0.4) is 0 Å². The van der Waals surface area contributed by atoms with E-state index in [-0.39, 0.29) is 12.5 Å². The smallest absolute Gasteiger partial charge is 0.410 e. The van der Waals surface area contributed by atoms with Gasteiger partial charge in [-0.25, -0.2) is 4.79 Å². The highest BCUT2D eigenvalue weighted by atomic mass is 16.6. The summed E-state index contributed by atoms with van der Waals surface area (Å²) in [6.07, 6.45) is 0.480. The van der Waals surface area contributed by atoms with Crippen LogP contribution in [0.1, 0.15) is 52.0 Å². The van der Waals surface area contributed by atoms with Crippen LogP contribution in [0.5, 0.6) is 5.75 Å². The van der Waals surface area contributed by atoms with Crippen molar-refractivity contribution in [2.24, 2.45) is 5.41 Å². The first-order valence-electron chi connectivity index (χ1n) is 8.95. The van der Waals surface area contributed by atoms with Gasteiger partial charge < -0.3 is 19.5 Å². The molecule has 0 radical (unpaired) electrons. The summed E-state index contributed by atoms with van der Waals surface area (Å²) in [6.45, 7) is 7.88. The van der Waals surface area contributed by atoms with Gasteiger partial charge in [0.2, 0.25) is 0 Å². The Balaban J connectivity index is 2.32. The third-order valence-electron chi connectivity index (χ3n) is 4.94. The molecule has 6 heteroatoms. The molecule has 6 nitrogen and oxygen atoms in total. The minimum atomic E-state index is -0.972. The molecule has 1 aromatic carbocycles. The summed E-state index contributed by atoms with van der Waals surface area (Å²) in [6, 6.07) is 7.58. The molecule has 0 aliphatic carbocycles. The van der Waals surface area contributed by atoms with E-state index in [2.05, 4.69) is 0 Å². The molecule has 26 heavy (non-hydrogen) atoms. The Kier molecular flexibility index (Phi) is 5.84. The van der Waals surface area contributed by atoms with Crippen molar-refractivity contribution in [3.8, 4) is 5.75 Å². The number of piperidine rings is 1. The van der Waals surface area contributed by atoms with Crippen molar-refractivity contribution >= 4 is 12.1 Å². The maximum absolute atomic E-state index is 12.6. The minimum absolute atomic E-state index is 0.0711. The number of aliphatic carboxylic acids is 1. The van der Waals surface area contributed by atoms with Crippen LogP contribution in [0, 0.1) is 5.41 Å². The second kappa shape index (κ2) is 7.56. The van der Waals surface area contributed by atoms with Gasteiger partial charge in [0.25, 0.3) is 0 Å². The third kappa shape index (κ3) is 4.48. The molecule has 1 heterocycles. The van der Waals surface area contributed by atoms with Gasteiger partial charge in [0.1, 0.15) is 11.4 Å². The van der Waals surface area contributed by atoms with Gasteiger partial charge in [-0.05, 0) is 51.3 Å². The van der Waals surface area contributed by atoms with E-state index in [0.29, 0.717) is 19.4 Å². The summed E-state index contributed by atoms with van der Waals surface area (Å²) in [5.74, 6) is -0.196. The molecule has 1 aromatic rings. The standard InChI is InChI=1S/C20H29NO5/c1-6-20(17(22)23)11-15(14-7-9-16(25-5)10-8-14)12-21(13-20)18(24)26-19(2,3)4/h7-10,15H,6,11-13H2,1-5H3,(H,22,23). The number of carbonyl (C=O) groups excluding carboxylic acids is 1. The number of carbonyl (C=O) groups is 2. The SMILES string of the molecule is CCC1(C(=O)O)CC(c2ccc(OC)cc2)CN(C(=O)OC(C)(C)C)C1. The maximum atomic E-state index is 12.6. The molecular formula is C20H29NO5. The van der Waals surface area contributed by atoms with E-state index < -0.39 is 23.1 Å². The summed E-state index contributed by atoms with van der Waals surface area (Å²) >= 11 is 0. The van der Waals surface area contributed by atoms with E-state index in [1.54, 1.807) is 32.8 Å². The Morgan fingerprint density at radius 2 is 1.88 bits per heavy atom. The van der Waals surface area contributed by atoms with E-state index in [0.717, 1.165) is 11.3 Å². The van der Waals surface area contributed by atoms with Crippen LogP contribution in [-0.2, 0) is 9.53 Å². The molecule has 1 aliphatic rings. The zero-order chi connectivity index (χ0) is 19.5. The van der Waals surface area contributed by atoms with Crippen LogP contribution in [0.25, 0.3) is 0 Å². The Morgan fingerprint density at radius 3 is 2.35 bits per heavy atom. The fourth-order valence-corrected chi connectivity index (χ4v) is 3.42. The van der Waals surface area contributed by atoms with Gasteiger partial charge in [0.05, 0.1) is 12.5 Å².